The number of amides is 2. The van der Waals surface area contributed by atoms with Gasteiger partial charge in [-0.05, 0) is 74.0 Å². The normalized spacial score (nSPS) is 11.9. The van der Waals surface area contributed by atoms with Crippen molar-refractivity contribution in [1.82, 2.24) is 10.2 Å². The molecular formula is C27H29Cl2N3O5S. The molecular weight excluding hydrogens is 549 g/mol. The summed E-state index contributed by atoms with van der Waals surface area (Å²) >= 11 is 12.3. The van der Waals surface area contributed by atoms with Gasteiger partial charge in [-0.2, -0.15) is 0 Å². The van der Waals surface area contributed by atoms with Crippen LogP contribution in [0.25, 0.3) is 0 Å². The second-order valence-corrected chi connectivity index (χ2v) is 11.1. The Labute approximate surface area is 233 Å². The molecule has 3 aromatic rings. The maximum Gasteiger partial charge on any atom is 0.264 e. The quantitative estimate of drug-likeness (QED) is 0.354. The van der Waals surface area contributed by atoms with Gasteiger partial charge in [-0.25, -0.2) is 8.42 Å². The Hall–Kier alpha value is -3.27. The van der Waals surface area contributed by atoms with E-state index < -0.39 is 28.5 Å². The lowest BCUT2D eigenvalue weighted by molar-refractivity contribution is -0.139. The number of nitrogens with one attached hydrogen (secondary N) is 1. The summed E-state index contributed by atoms with van der Waals surface area (Å²) in [6.45, 7) is 3.22. The van der Waals surface area contributed by atoms with Gasteiger partial charge < -0.3 is 15.0 Å². The first kappa shape index (κ1) is 29.3. The molecule has 3 aromatic carbocycles. The Morgan fingerprint density at radius 3 is 2.18 bits per heavy atom. The first-order valence-electron chi connectivity index (χ1n) is 11.8. The third-order valence-corrected chi connectivity index (χ3v) is 8.04. The SMILES string of the molecule is CCNC(=O)C(C)N(Cc1cccc(Cl)c1)C(=O)CN(c1cccc(Cl)c1)S(=O)(=O)c1ccc(OC)cc1. The van der Waals surface area contributed by atoms with Gasteiger partial charge in [0.15, 0.2) is 0 Å². The standard InChI is InChI=1S/C27H29Cl2N3O5S/c1-4-30-27(34)19(2)31(17-20-7-5-8-21(28)15-20)26(33)18-32(23-10-6-9-22(29)16-23)38(35,36)25-13-11-24(37-3)12-14-25/h5-16,19H,4,17-18H2,1-3H3,(H,30,34). The van der Waals surface area contributed by atoms with Gasteiger partial charge in [-0.15, -0.1) is 0 Å². The molecule has 1 atom stereocenters. The summed E-state index contributed by atoms with van der Waals surface area (Å²) in [5.74, 6) is -0.464. The van der Waals surface area contributed by atoms with Crippen LogP contribution in [0.1, 0.15) is 19.4 Å². The average Bonchev–Trinajstić information content (AvgIpc) is 2.90. The summed E-state index contributed by atoms with van der Waals surface area (Å²) in [7, 11) is -2.73. The number of ether oxygens (including phenoxy) is 1. The van der Waals surface area contributed by atoms with Crippen LogP contribution in [0.3, 0.4) is 0 Å². The zero-order valence-electron chi connectivity index (χ0n) is 21.2. The highest BCUT2D eigenvalue weighted by Crippen LogP contribution is 2.28. The van der Waals surface area contributed by atoms with E-state index in [0.29, 0.717) is 27.9 Å². The minimum atomic E-state index is -4.21. The Kier molecular flexibility index (Phi) is 10.0. The van der Waals surface area contributed by atoms with Crippen molar-refractivity contribution in [2.45, 2.75) is 31.3 Å². The Morgan fingerprint density at radius 1 is 0.974 bits per heavy atom. The minimum absolute atomic E-state index is 0.0377. The highest BCUT2D eigenvalue weighted by atomic mass is 35.5. The first-order chi connectivity index (χ1) is 18.1. The number of likely N-dealkylation sites (N-methyl/N-ethyl adjacent to an activating group) is 1. The van der Waals surface area contributed by atoms with Crippen LogP contribution in [0.4, 0.5) is 5.69 Å². The summed E-state index contributed by atoms with van der Waals surface area (Å²) in [6.07, 6.45) is 0. The van der Waals surface area contributed by atoms with Crippen molar-refractivity contribution < 1.29 is 22.7 Å². The number of rotatable bonds is 11. The lowest BCUT2D eigenvalue weighted by Crippen LogP contribution is -2.51. The number of hydrogen-bond acceptors (Lipinski definition) is 5. The molecule has 0 radical (unpaired) electrons. The van der Waals surface area contributed by atoms with E-state index in [9.17, 15) is 18.0 Å². The Morgan fingerprint density at radius 2 is 1.61 bits per heavy atom. The monoisotopic (exact) mass is 577 g/mol. The van der Waals surface area contributed by atoms with Gasteiger partial charge in [0.2, 0.25) is 11.8 Å². The van der Waals surface area contributed by atoms with Crippen LogP contribution < -0.4 is 14.4 Å². The van der Waals surface area contributed by atoms with Crippen LogP contribution in [0.15, 0.2) is 77.7 Å². The fourth-order valence-electron chi connectivity index (χ4n) is 3.77. The number of nitrogens with zero attached hydrogens (tertiary/aromatic N) is 2. The average molecular weight is 579 g/mol. The van der Waals surface area contributed by atoms with Crippen molar-refractivity contribution in [2.75, 3.05) is 24.5 Å². The number of benzene rings is 3. The second-order valence-electron chi connectivity index (χ2n) is 8.39. The summed E-state index contributed by atoms with van der Waals surface area (Å²) < 4.78 is 33.7. The molecule has 38 heavy (non-hydrogen) atoms. The molecule has 0 aliphatic heterocycles. The van der Waals surface area contributed by atoms with Crippen molar-refractivity contribution in [1.29, 1.82) is 0 Å². The number of methoxy groups -OCH3 is 1. The number of sulfonamides is 1. The molecule has 202 valence electrons. The molecule has 3 rings (SSSR count). The van der Waals surface area contributed by atoms with E-state index in [1.165, 1.54) is 42.3 Å². The highest BCUT2D eigenvalue weighted by molar-refractivity contribution is 7.92. The number of carbonyl (C=O) groups excluding carboxylic acids is 2. The van der Waals surface area contributed by atoms with Gasteiger partial charge >= 0.3 is 0 Å². The van der Waals surface area contributed by atoms with E-state index in [4.69, 9.17) is 27.9 Å². The molecule has 0 aromatic heterocycles. The fraction of sp³-hybridized carbons (Fsp3) is 0.259. The van der Waals surface area contributed by atoms with E-state index in [0.717, 1.165) is 4.31 Å². The van der Waals surface area contributed by atoms with E-state index in [2.05, 4.69) is 5.32 Å². The Balaban J connectivity index is 2.03. The van der Waals surface area contributed by atoms with Gasteiger partial charge in [0.05, 0.1) is 17.7 Å². The van der Waals surface area contributed by atoms with Crippen LogP contribution in [-0.2, 0) is 26.2 Å². The van der Waals surface area contributed by atoms with Crippen molar-refractivity contribution in [2.24, 2.45) is 0 Å². The zero-order chi connectivity index (χ0) is 27.9. The topological polar surface area (TPSA) is 96.0 Å². The van der Waals surface area contributed by atoms with Gasteiger partial charge in [-0.3, -0.25) is 13.9 Å². The van der Waals surface area contributed by atoms with Crippen LogP contribution in [0.2, 0.25) is 10.0 Å². The fourth-order valence-corrected chi connectivity index (χ4v) is 5.57. The number of halogens is 2. The molecule has 0 heterocycles. The molecule has 0 saturated heterocycles. The number of hydrogen-bond donors (Lipinski definition) is 1. The van der Waals surface area contributed by atoms with E-state index >= 15 is 0 Å². The van der Waals surface area contributed by atoms with E-state index in [1.54, 1.807) is 56.3 Å². The molecule has 2 amide bonds. The van der Waals surface area contributed by atoms with E-state index in [1.807, 2.05) is 0 Å². The van der Waals surface area contributed by atoms with Crippen molar-refractivity contribution in [3.8, 4) is 5.75 Å². The molecule has 0 bridgehead atoms. The summed E-state index contributed by atoms with van der Waals surface area (Å²) in [5, 5.41) is 3.49. The Bertz CT molecular complexity index is 1380. The van der Waals surface area contributed by atoms with Crippen molar-refractivity contribution in [3.05, 3.63) is 88.4 Å². The predicted molar refractivity (Wildman–Crippen MR) is 149 cm³/mol. The van der Waals surface area contributed by atoms with Crippen LogP contribution in [0.5, 0.6) is 5.75 Å². The molecule has 1 unspecified atom stereocenters. The minimum Gasteiger partial charge on any atom is -0.497 e. The van der Waals surface area contributed by atoms with Crippen molar-refractivity contribution >= 4 is 50.7 Å². The van der Waals surface area contributed by atoms with Gasteiger partial charge in [0.1, 0.15) is 18.3 Å². The van der Waals surface area contributed by atoms with Gasteiger partial charge in [0, 0.05) is 23.1 Å². The summed E-state index contributed by atoms with van der Waals surface area (Å²) in [5.41, 5.74) is 0.893. The molecule has 0 fully saturated rings. The number of anilines is 1. The predicted octanol–water partition coefficient (Wildman–Crippen LogP) is 4.75. The summed E-state index contributed by atoms with van der Waals surface area (Å²) in [4.78, 5) is 27.8. The molecule has 0 saturated carbocycles. The lowest BCUT2D eigenvalue weighted by atomic mass is 10.1. The van der Waals surface area contributed by atoms with Crippen molar-refractivity contribution in [3.63, 3.8) is 0 Å². The zero-order valence-corrected chi connectivity index (χ0v) is 23.6. The third kappa shape index (κ3) is 7.18. The van der Waals surface area contributed by atoms with E-state index in [-0.39, 0.29) is 23.0 Å². The largest absolute Gasteiger partial charge is 0.497 e. The molecule has 0 aliphatic carbocycles. The maximum absolute atomic E-state index is 13.8. The molecule has 0 aliphatic rings. The van der Waals surface area contributed by atoms with Crippen LogP contribution in [-0.4, -0.2) is 51.4 Å². The summed E-state index contributed by atoms with van der Waals surface area (Å²) in [6, 6.07) is 18.1. The smallest absolute Gasteiger partial charge is 0.264 e. The molecule has 8 nitrogen and oxygen atoms in total. The van der Waals surface area contributed by atoms with Gasteiger partial charge in [-0.1, -0.05) is 41.4 Å². The lowest BCUT2D eigenvalue weighted by Gasteiger charge is -2.32. The first-order valence-corrected chi connectivity index (χ1v) is 14.0. The molecule has 0 spiro atoms. The third-order valence-electron chi connectivity index (χ3n) is 5.78. The van der Waals surface area contributed by atoms with Crippen LogP contribution >= 0.6 is 23.2 Å². The second kappa shape index (κ2) is 13.0. The molecule has 11 heteroatoms. The van der Waals surface area contributed by atoms with Crippen LogP contribution in [0, 0.1) is 0 Å². The highest BCUT2D eigenvalue weighted by Gasteiger charge is 2.32. The maximum atomic E-state index is 13.8. The number of carbonyl (C=O) groups is 2. The van der Waals surface area contributed by atoms with Gasteiger partial charge in [0.25, 0.3) is 10.0 Å². The molecule has 1 N–H and O–H groups in total.